The van der Waals surface area contributed by atoms with Crippen molar-refractivity contribution >= 4 is 36.5 Å². The van der Waals surface area contributed by atoms with Crippen LogP contribution in [0, 0.1) is 0 Å². The average Bonchev–Trinajstić information content (AvgIpc) is 3.13. The van der Waals surface area contributed by atoms with Gasteiger partial charge in [0.25, 0.3) is 0 Å². The Bertz CT molecular complexity index is 1310. The molecular formula is C29H20O2Se. The van der Waals surface area contributed by atoms with Crippen LogP contribution in [0.1, 0.15) is 21.5 Å². The molecule has 0 spiro atoms. The van der Waals surface area contributed by atoms with E-state index in [-0.39, 0.29) is 20.7 Å². The molecule has 0 N–H and O–H groups in total. The number of allylic oxidation sites excluding steroid dienone is 2. The van der Waals surface area contributed by atoms with E-state index in [0.29, 0.717) is 22.6 Å². The Labute approximate surface area is 194 Å². The van der Waals surface area contributed by atoms with Crippen molar-refractivity contribution in [3.8, 4) is 5.75 Å². The van der Waals surface area contributed by atoms with Crippen molar-refractivity contribution in [1.29, 1.82) is 0 Å². The summed E-state index contributed by atoms with van der Waals surface area (Å²) in [5.74, 6) is 1.34. The third-order valence-electron chi connectivity index (χ3n) is 5.24. The molecule has 0 aliphatic heterocycles. The van der Waals surface area contributed by atoms with Crippen molar-refractivity contribution in [2.75, 3.05) is 0 Å². The molecule has 0 radical (unpaired) electrons. The standard InChI is InChI=1S/C29H20O2Se/c30-28-24-18-10-11-19-25(24)29(31-22-14-6-2-7-15-22)27(28)26(21-12-4-1-5-13-21)20-32-23-16-8-3-9-17-23/h1-20H/b26-20-. The molecule has 0 aromatic heterocycles. The quantitative estimate of drug-likeness (QED) is 0.330. The maximum atomic E-state index is 13.7. The molecule has 5 rings (SSSR count). The van der Waals surface area contributed by atoms with Gasteiger partial charge in [0, 0.05) is 0 Å². The van der Waals surface area contributed by atoms with Gasteiger partial charge >= 0.3 is 194 Å². The SMILES string of the molecule is O=C1C(/C(=C\[Se]c2ccccc2)c2ccccc2)=C(Oc2ccccc2)c2ccccc21. The van der Waals surface area contributed by atoms with Gasteiger partial charge in [0.15, 0.2) is 0 Å². The molecule has 4 aromatic rings. The summed E-state index contributed by atoms with van der Waals surface area (Å²) < 4.78 is 7.62. The molecule has 0 amide bonds. The van der Waals surface area contributed by atoms with Gasteiger partial charge in [0.1, 0.15) is 0 Å². The van der Waals surface area contributed by atoms with Gasteiger partial charge < -0.3 is 0 Å². The summed E-state index contributed by atoms with van der Waals surface area (Å²) >= 11 is 0.0619. The first kappa shape index (κ1) is 20.3. The van der Waals surface area contributed by atoms with Crippen LogP contribution in [0.3, 0.4) is 0 Å². The molecule has 0 saturated heterocycles. The van der Waals surface area contributed by atoms with Crippen molar-refractivity contribution in [3.05, 3.63) is 142 Å². The molecule has 32 heavy (non-hydrogen) atoms. The Morgan fingerprint density at radius 2 is 1.22 bits per heavy atom. The second kappa shape index (κ2) is 9.23. The number of hydrogen-bond acceptors (Lipinski definition) is 2. The number of para-hydroxylation sites is 1. The molecule has 3 heteroatoms. The third-order valence-corrected chi connectivity index (χ3v) is 7.13. The van der Waals surface area contributed by atoms with Gasteiger partial charge in [-0.05, 0) is 0 Å². The number of ketones is 1. The van der Waals surface area contributed by atoms with E-state index in [1.807, 2.05) is 91.0 Å². The number of Topliss-reactive ketones (excluding diaryl/α,β-unsaturated/α-hetero) is 1. The predicted molar refractivity (Wildman–Crippen MR) is 131 cm³/mol. The number of carbonyl (C=O) groups excluding carboxylic acids is 1. The molecule has 1 aliphatic carbocycles. The van der Waals surface area contributed by atoms with E-state index in [9.17, 15) is 4.79 Å². The summed E-state index contributed by atoms with van der Waals surface area (Å²) in [5, 5.41) is 0. The van der Waals surface area contributed by atoms with Gasteiger partial charge in [-0.3, -0.25) is 0 Å². The zero-order valence-electron chi connectivity index (χ0n) is 17.3. The third kappa shape index (κ3) is 4.09. The van der Waals surface area contributed by atoms with E-state index < -0.39 is 0 Å². The van der Waals surface area contributed by atoms with Crippen molar-refractivity contribution in [1.82, 2.24) is 0 Å². The summed E-state index contributed by atoms with van der Waals surface area (Å²) in [5.41, 5.74) is 4.07. The maximum absolute atomic E-state index is 13.7. The number of benzene rings is 4. The molecule has 0 heterocycles. The van der Waals surface area contributed by atoms with Crippen LogP contribution in [0.4, 0.5) is 0 Å². The Hall–Kier alpha value is -3.65. The van der Waals surface area contributed by atoms with Gasteiger partial charge in [-0.2, -0.15) is 0 Å². The molecular weight excluding hydrogens is 459 g/mol. The van der Waals surface area contributed by atoms with Crippen molar-refractivity contribution in [2.45, 2.75) is 0 Å². The van der Waals surface area contributed by atoms with Crippen molar-refractivity contribution in [3.63, 3.8) is 0 Å². The minimum absolute atomic E-state index is 0.00509. The number of rotatable bonds is 6. The molecule has 4 aromatic carbocycles. The minimum atomic E-state index is 0.00509. The monoisotopic (exact) mass is 480 g/mol. The second-order valence-electron chi connectivity index (χ2n) is 7.32. The van der Waals surface area contributed by atoms with Gasteiger partial charge in [0.05, 0.1) is 0 Å². The van der Waals surface area contributed by atoms with Crippen LogP contribution in [-0.2, 0) is 0 Å². The Balaban J connectivity index is 1.68. The molecule has 2 nitrogen and oxygen atoms in total. The first-order valence-corrected chi connectivity index (χ1v) is 12.2. The van der Waals surface area contributed by atoms with E-state index in [2.05, 4.69) is 29.2 Å². The summed E-state index contributed by atoms with van der Waals surface area (Å²) in [6, 6.07) is 37.8. The predicted octanol–water partition coefficient (Wildman–Crippen LogP) is 5.74. The second-order valence-corrected chi connectivity index (χ2v) is 9.30. The summed E-state index contributed by atoms with van der Waals surface area (Å²) in [6.45, 7) is 0. The number of carbonyl (C=O) groups is 1. The summed E-state index contributed by atoms with van der Waals surface area (Å²) in [7, 11) is 0. The van der Waals surface area contributed by atoms with Crippen LogP contribution in [-0.4, -0.2) is 20.7 Å². The summed E-state index contributed by atoms with van der Waals surface area (Å²) in [6.07, 6.45) is 0. The molecule has 1 aliphatic rings. The van der Waals surface area contributed by atoms with Gasteiger partial charge in [0.2, 0.25) is 0 Å². The molecule has 0 bridgehead atoms. The topological polar surface area (TPSA) is 26.3 Å². The van der Waals surface area contributed by atoms with Crippen LogP contribution in [0.15, 0.2) is 126 Å². The molecule has 0 atom stereocenters. The van der Waals surface area contributed by atoms with E-state index in [1.165, 1.54) is 4.46 Å². The van der Waals surface area contributed by atoms with Crippen molar-refractivity contribution < 1.29 is 9.53 Å². The first-order chi connectivity index (χ1) is 15.8. The summed E-state index contributed by atoms with van der Waals surface area (Å²) in [4.78, 5) is 15.9. The Kier molecular flexibility index (Phi) is 5.85. The van der Waals surface area contributed by atoms with Crippen molar-refractivity contribution in [2.24, 2.45) is 0 Å². The van der Waals surface area contributed by atoms with Crippen LogP contribution in [0.2, 0.25) is 0 Å². The van der Waals surface area contributed by atoms with E-state index in [0.717, 1.165) is 16.7 Å². The molecule has 0 saturated carbocycles. The fourth-order valence-electron chi connectivity index (χ4n) is 3.72. The number of hydrogen-bond donors (Lipinski definition) is 0. The first-order valence-electron chi connectivity index (χ1n) is 10.4. The fraction of sp³-hybridized carbons (Fsp3) is 0. The van der Waals surface area contributed by atoms with Crippen LogP contribution in [0.25, 0.3) is 11.3 Å². The molecule has 0 unspecified atom stereocenters. The van der Waals surface area contributed by atoms with Gasteiger partial charge in [-0.25, -0.2) is 0 Å². The number of fused-ring (bicyclic) bond motifs is 1. The van der Waals surface area contributed by atoms with Crippen LogP contribution < -0.4 is 9.20 Å². The number of ether oxygens (including phenoxy) is 1. The average molecular weight is 479 g/mol. The fourth-order valence-corrected chi connectivity index (χ4v) is 5.45. The van der Waals surface area contributed by atoms with E-state index in [1.54, 1.807) is 0 Å². The normalized spacial score (nSPS) is 13.2. The van der Waals surface area contributed by atoms with Crippen LogP contribution >= 0.6 is 0 Å². The molecule has 154 valence electrons. The molecule has 0 fully saturated rings. The van der Waals surface area contributed by atoms with Gasteiger partial charge in [-0.1, -0.05) is 0 Å². The van der Waals surface area contributed by atoms with Gasteiger partial charge in [-0.15, -0.1) is 0 Å². The zero-order valence-corrected chi connectivity index (χ0v) is 19.0. The van der Waals surface area contributed by atoms with E-state index >= 15 is 0 Å². The Morgan fingerprint density at radius 3 is 1.91 bits per heavy atom. The van der Waals surface area contributed by atoms with Crippen LogP contribution in [0.5, 0.6) is 5.75 Å². The zero-order chi connectivity index (χ0) is 21.8. The van der Waals surface area contributed by atoms with E-state index in [4.69, 9.17) is 4.74 Å². The Morgan fingerprint density at radius 1 is 0.656 bits per heavy atom.